The van der Waals surface area contributed by atoms with Crippen LogP contribution in [0.4, 0.5) is 13.2 Å². The standard InChI is InChI=1S/C12H9F3N2O3/c1-20-11(19)10-9(18)6-17(16-10)8-4-2-3-7(5-8)12(13,14)15/h2-6,18H,1H3. The predicted molar refractivity (Wildman–Crippen MR) is 61.6 cm³/mol. The van der Waals surface area contributed by atoms with Crippen LogP contribution in [0.15, 0.2) is 30.5 Å². The molecule has 0 bridgehead atoms. The summed E-state index contributed by atoms with van der Waals surface area (Å²) in [6.07, 6.45) is -3.46. The monoisotopic (exact) mass is 286 g/mol. The summed E-state index contributed by atoms with van der Waals surface area (Å²) >= 11 is 0. The summed E-state index contributed by atoms with van der Waals surface area (Å²) in [4.78, 5) is 11.3. The SMILES string of the molecule is COC(=O)c1nn(-c2cccc(C(F)(F)F)c2)cc1O. The highest BCUT2D eigenvalue weighted by molar-refractivity contribution is 5.90. The van der Waals surface area contributed by atoms with Crippen LogP contribution in [0.5, 0.6) is 5.75 Å². The van der Waals surface area contributed by atoms with Crippen molar-refractivity contribution in [1.29, 1.82) is 0 Å². The highest BCUT2D eigenvalue weighted by Gasteiger charge is 2.30. The zero-order valence-corrected chi connectivity index (χ0v) is 10.2. The molecule has 0 unspecified atom stereocenters. The first-order valence-electron chi connectivity index (χ1n) is 5.37. The van der Waals surface area contributed by atoms with Gasteiger partial charge in [0, 0.05) is 0 Å². The van der Waals surface area contributed by atoms with Gasteiger partial charge in [-0.05, 0) is 18.2 Å². The van der Waals surface area contributed by atoms with Gasteiger partial charge in [0.25, 0.3) is 0 Å². The summed E-state index contributed by atoms with van der Waals surface area (Å²) in [5, 5.41) is 13.2. The molecule has 1 N–H and O–H groups in total. The third kappa shape index (κ3) is 2.58. The number of hydrogen-bond acceptors (Lipinski definition) is 4. The molecular weight excluding hydrogens is 277 g/mol. The minimum atomic E-state index is -4.49. The van der Waals surface area contributed by atoms with Crippen LogP contribution in [0.2, 0.25) is 0 Å². The lowest BCUT2D eigenvalue weighted by Gasteiger charge is -2.08. The summed E-state index contributed by atoms with van der Waals surface area (Å²) in [7, 11) is 1.10. The number of methoxy groups -OCH3 is 1. The molecule has 0 aliphatic rings. The number of hydrogen-bond donors (Lipinski definition) is 1. The molecule has 1 aromatic carbocycles. The fraction of sp³-hybridized carbons (Fsp3) is 0.167. The van der Waals surface area contributed by atoms with Gasteiger partial charge in [0.15, 0.2) is 5.75 Å². The lowest BCUT2D eigenvalue weighted by molar-refractivity contribution is -0.137. The summed E-state index contributed by atoms with van der Waals surface area (Å²) in [6.45, 7) is 0. The normalized spacial score (nSPS) is 11.4. The van der Waals surface area contributed by atoms with Crippen LogP contribution in [0, 0.1) is 0 Å². The van der Waals surface area contributed by atoms with E-state index >= 15 is 0 Å². The molecule has 20 heavy (non-hydrogen) atoms. The molecule has 0 aliphatic carbocycles. The maximum Gasteiger partial charge on any atom is 0.416 e. The Bertz CT molecular complexity index is 650. The van der Waals surface area contributed by atoms with Gasteiger partial charge in [-0.1, -0.05) is 6.07 Å². The molecule has 2 aromatic rings. The minimum Gasteiger partial charge on any atom is -0.504 e. The molecular formula is C12H9F3N2O3. The quantitative estimate of drug-likeness (QED) is 0.861. The highest BCUT2D eigenvalue weighted by Crippen LogP contribution is 2.30. The zero-order chi connectivity index (χ0) is 14.9. The maximum atomic E-state index is 12.6. The topological polar surface area (TPSA) is 64.3 Å². The van der Waals surface area contributed by atoms with E-state index in [0.29, 0.717) is 0 Å². The number of halogens is 3. The fourth-order valence-electron chi connectivity index (χ4n) is 1.56. The van der Waals surface area contributed by atoms with Gasteiger partial charge in [-0.25, -0.2) is 9.48 Å². The van der Waals surface area contributed by atoms with E-state index in [9.17, 15) is 23.1 Å². The number of rotatable bonds is 2. The van der Waals surface area contributed by atoms with Gasteiger partial charge >= 0.3 is 12.1 Å². The first-order valence-corrected chi connectivity index (χ1v) is 5.37. The molecule has 0 fully saturated rings. The van der Waals surface area contributed by atoms with Crippen molar-refractivity contribution >= 4 is 5.97 Å². The van der Waals surface area contributed by atoms with E-state index in [1.807, 2.05) is 0 Å². The van der Waals surface area contributed by atoms with Crippen molar-refractivity contribution in [3.63, 3.8) is 0 Å². The number of benzene rings is 1. The van der Waals surface area contributed by atoms with E-state index in [2.05, 4.69) is 9.84 Å². The molecule has 8 heteroatoms. The Morgan fingerprint density at radius 1 is 1.40 bits per heavy atom. The van der Waals surface area contributed by atoms with Crippen molar-refractivity contribution in [1.82, 2.24) is 9.78 Å². The highest BCUT2D eigenvalue weighted by atomic mass is 19.4. The van der Waals surface area contributed by atoms with Crippen molar-refractivity contribution < 1.29 is 27.8 Å². The van der Waals surface area contributed by atoms with E-state index in [0.717, 1.165) is 30.1 Å². The average molecular weight is 286 g/mol. The first-order chi connectivity index (χ1) is 9.32. The number of alkyl halides is 3. The Morgan fingerprint density at radius 3 is 2.70 bits per heavy atom. The predicted octanol–water partition coefficient (Wildman–Crippen LogP) is 2.38. The second kappa shape index (κ2) is 4.87. The van der Waals surface area contributed by atoms with E-state index in [1.165, 1.54) is 12.1 Å². The molecule has 0 spiro atoms. The van der Waals surface area contributed by atoms with Gasteiger partial charge in [0.1, 0.15) is 0 Å². The zero-order valence-electron chi connectivity index (χ0n) is 10.2. The van der Waals surface area contributed by atoms with E-state index < -0.39 is 23.5 Å². The number of ether oxygens (including phenoxy) is 1. The first kappa shape index (κ1) is 13.9. The molecule has 0 amide bonds. The number of carbonyl (C=O) groups is 1. The molecule has 1 heterocycles. The van der Waals surface area contributed by atoms with Gasteiger partial charge in [0.2, 0.25) is 5.69 Å². The molecule has 0 saturated carbocycles. The third-order valence-electron chi connectivity index (χ3n) is 2.51. The van der Waals surface area contributed by atoms with Crippen molar-refractivity contribution in [2.75, 3.05) is 7.11 Å². The second-order valence-electron chi connectivity index (χ2n) is 3.85. The van der Waals surface area contributed by atoms with Crippen LogP contribution in [0.3, 0.4) is 0 Å². The Hall–Kier alpha value is -2.51. The number of esters is 1. The van der Waals surface area contributed by atoms with Crippen LogP contribution in [-0.4, -0.2) is 28.0 Å². The number of nitrogens with zero attached hydrogens (tertiary/aromatic N) is 2. The smallest absolute Gasteiger partial charge is 0.416 e. The van der Waals surface area contributed by atoms with Crippen LogP contribution < -0.4 is 0 Å². The maximum absolute atomic E-state index is 12.6. The molecule has 0 saturated heterocycles. The van der Waals surface area contributed by atoms with Crippen LogP contribution in [0.1, 0.15) is 16.1 Å². The number of carbonyl (C=O) groups excluding carboxylic acids is 1. The van der Waals surface area contributed by atoms with Crippen molar-refractivity contribution in [3.8, 4) is 11.4 Å². The lowest BCUT2D eigenvalue weighted by atomic mass is 10.2. The Balaban J connectivity index is 2.45. The Kier molecular flexibility index (Phi) is 3.39. The van der Waals surface area contributed by atoms with Gasteiger partial charge in [-0.2, -0.15) is 18.3 Å². The summed E-state index contributed by atoms with van der Waals surface area (Å²) in [5.41, 5.74) is -1.17. The van der Waals surface area contributed by atoms with E-state index in [-0.39, 0.29) is 11.4 Å². The molecule has 0 aliphatic heterocycles. The third-order valence-corrected chi connectivity index (χ3v) is 2.51. The van der Waals surface area contributed by atoms with E-state index in [4.69, 9.17) is 0 Å². The van der Waals surface area contributed by atoms with Crippen LogP contribution in [0.25, 0.3) is 5.69 Å². The lowest BCUT2D eigenvalue weighted by Crippen LogP contribution is -2.07. The van der Waals surface area contributed by atoms with Gasteiger partial charge in [-0.3, -0.25) is 0 Å². The second-order valence-corrected chi connectivity index (χ2v) is 3.85. The number of aromatic nitrogens is 2. The molecule has 106 valence electrons. The largest absolute Gasteiger partial charge is 0.504 e. The molecule has 1 aromatic heterocycles. The minimum absolute atomic E-state index is 0.0604. The molecule has 0 radical (unpaired) electrons. The van der Waals surface area contributed by atoms with Crippen LogP contribution >= 0.6 is 0 Å². The summed E-state index contributed by atoms with van der Waals surface area (Å²) in [5.74, 6) is -1.36. The summed E-state index contributed by atoms with van der Waals surface area (Å²) in [6, 6.07) is 4.33. The van der Waals surface area contributed by atoms with Crippen molar-refractivity contribution in [3.05, 3.63) is 41.7 Å². The molecule has 2 rings (SSSR count). The van der Waals surface area contributed by atoms with Crippen molar-refractivity contribution in [2.24, 2.45) is 0 Å². The van der Waals surface area contributed by atoms with Gasteiger partial charge in [0.05, 0.1) is 24.6 Å². The van der Waals surface area contributed by atoms with Gasteiger partial charge in [-0.15, -0.1) is 0 Å². The van der Waals surface area contributed by atoms with Crippen molar-refractivity contribution in [2.45, 2.75) is 6.18 Å². The van der Waals surface area contributed by atoms with Crippen LogP contribution in [-0.2, 0) is 10.9 Å². The molecule has 5 nitrogen and oxygen atoms in total. The van der Waals surface area contributed by atoms with Gasteiger partial charge < -0.3 is 9.84 Å². The van der Waals surface area contributed by atoms with E-state index in [1.54, 1.807) is 0 Å². The molecule has 0 atom stereocenters. The Labute approximate surface area is 111 Å². The number of aromatic hydroxyl groups is 1. The fourth-order valence-corrected chi connectivity index (χ4v) is 1.56. The summed E-state index contributed by atoms with van der Waals surface area (Å²) < 4.78 is 43.2. The average Bonchev–Trinajstić information content (AvgIpc) is 2.79. The Morgan fingerprint density at radius 2 is 2.10 bits per heavy atom.